The molecule has 1 aromatic carbocycles. The third kappa shape index (κ3) is 9.15. The minimum atomic E-state index is -1.11. The monoisotopic (exact) mass is 535 g/mol. The summed E-state index contributed by atoms with van der Waals surface area (Å²) < 4.78 is 0. The number of carbonyl (C=O) groups is 2. The number of para-hydroxylation sites is 1. The van der Waals surface area contributed by atoms with Crippen LogP contribution in [0.4, 0.5) is 5.69 Å². The van der Waals surface area contributed by atoms with Crippen molar-refractivity contribution >= 4 is 23.2 Å². The summed E-state index contributed by atoms with van der Waals surface area (Å²) in [5.41, 5.74) is 1.50. The van der Waals surface area contributed by atoms with E-state index in [9.17, 15) is 15.0 Å². The van der Waals surface area contributed by atoms with Crippen molar-refractivity contribution in [1.82, 2.24) is 5.48 Å². The summed E-state index contributed by atoms with van der Waals surface area (Å²) in [4.78, 5) is 22.8. The van der Waals surface area contributed by atoms with Crippen molar-refractivity contribution in [3.8, 4) is 0 Å². The average Bonchev–Trinajstić information content (AvgIpc) is 2.36. The summed E-state index contributed by atoms with van der Waals surface area (Å²) in [6.07, 6.45) is -0.384. The van der Waals surface area contributed by atoms with Crippen LogP contribution >= 0.6 is 0 Å². The summed E-state index contributed by atoms with van der Waals surface area (Å²) >= 11 is 0. The number of rotatable bonds is 5. The first kappa shape index (κ1) is 25.4. The Morgan fingerprint density at radius 2 is 1.81 bits per heavy atom. The Kier molecular flexibility index (Phi) is 15.9. The second-order valence-electron chi connectivity index (χ2n) is 3.64. The van der Waals surface area contributed by atoms with Gasteiger partial charge in [-0.2, -0.15) is 0 Å². The predicted octanol–water partition coefficient (Wildman–Crippen LogP) is 1.43. The van der Waals surface area contributed by atoms with Crippen molar-refractivity contribution in [2.45, 2.75) is 6.42 Å². The van der Waals surface area contributed by atoms with E-state index in [0.29, 0.717) is 5.69 Å². The van der Waals surface area contributed by atoms with E-state index < -0.39 is 23.4 Å². The fourth-order valence-electron chi connectivity index (χ4n) is 1.34. The van der Waals surface area contributed by atoms with Gasteiger partial charge in [0.15, 0.2) is 0 Å². The molecule has 111 valence electrons. The first-order chi connectivity index (χ1) is 8.54. The van der Waals surface area contributed by atoms with E-state index in [0.717, 1.165) is 0 Å². The van der Waals surface area contributed by atoms with Gasteiger partial charge in [-0.1, -0.05) is 18.2 Å². The maximum absolute atomic E-state index is 11.8. The summed E-state index contributed by atoms with van der Waals surface area (Å²) in [6.45, 7) is 3.24. The van der Waals surface area contributed by atoms with Gasteiger partial charge >= 0.3 is 21.1 Å². The van der Waals surface area contributed by atoms with Crippen molar-refractivity contribution in [3.05, 3.63) is 50.1 Å². The van der Waals surface area contributed by atoms with Gasteiger partial charge in [0.25, 0.3) is 0 Å². The van der Waals surface area contributed by atoms with Crippen molar-refractivity contribution in [2.75, 3.05) is 5.32 Å². The maximum Gasteiger partial charge on any atom is 2.00 e. The number of hydroxylamine groups is 1. The molecule has 0 bridgehead atoms. The second kappa shape index (κ2) is 13.1. The minimum absolute atomic E-state index is 0. The van der Waals surface area contributed by atoms with Crippen LogP contribution in [0.1, 0.15) is 6.42 Å². The molecule has 0 saturated carbocycles. The molecule has 0 spiro atoms. The zero-order valence-electron chi connectivity index (χ0n) is 11.6. The van der Waals surface area contributed by atoms with Crippen molar-refractivity contribution < 1.29 is 68.6 Å². The van der Waals surface area contributed by atoms with Crippen LogP contribution in [0.3, 0.4) is 0 Å². The van der Waals surface area contributed by atoms with E-state index in [1.54, 1.807) is 30.3 Å². The Balaban J connectivity index is -0.00000108. The number of anilines is 1. The van der Waals surface area contributed by atoms with Gasteiger partial charge in [0, 0.05) is 50.7 Å². The third-order valence-corrected chi connectivity index (χ3v) is 2.27. The number of benzene rings is 1. The molecule has 1 rings (SSSR count). The molecule has 0 saturated heterocycles. The molecule has 0 heterocycles. The van der Waals surface area contributed by atoms with Crippen LogP contribution in [0.15, 0.2) is 30.3 Å². The third-order valence-electron chi connectivity index (χ3n) is 2.27. The molecule has 1 atom stereocenters. The molecule has 0 fully saturated rings. The van der Waals surface area contributed by atoms with Gasteiger partial charge in [-0.3, -0.25) is 14.8 Å². The number of nitrogens with one attached hydrogen (secondary N) is 2. The van der Waals surface area contributed by atoms with Gasteiger partial charge in [-0.05, 0) is 12.1 Å². The zero-order valence-corrected chi connectivity index (χ0v) is 17.3. The molecule has 0 aliphatic carbocycles. The molecule has 0 aliphatic rings. The van der Waals surface area contributed by atoms with E-state index in [1.165, 1.54) is 5.48 Å². The first-order valence-electron chi connectivity index (χ1n) is 5.21. The molecule has 6 nitrogen and oxygen atoms in total. The maximum atomic E-state index is 11.8. The normalized spacial score (nSPS) is 9.76. The van der Waals surface area contributed by atoms with Gasteiger partial charge in [0.05, 0.1) is 0 Å². The van der Waals surface area contributed by atoms with Crippen LogP contribution in [0.5, 0.6) is 0 Å². The standard InChI is InChI=1S/C12H13N3O3.CH3.W.Y/c1-8(13)10(7-11(16)15-18)12(17)14-9-5-3-2-4-6-9;;;/h2-6,10,18H,1,7H2,(H,14,17)(H,15,16);1H3;;/q-2;-1;+2;. The van der Waals surface area contributed by atoms with Crippen LogP contribution in [0.25, 0.3) is 5.41 Å². The average molecular weight is 535 g/mol. The molecular weight excluding hydrogens is 519 g/mol. The number of carbonyl (C=O) groups excluding carboxylic acids is 2. The molecular formula is C13H16N3O3WY-. The van der Waals surface area contributed by atoms with Crippen LogP contribution in [0.2, 0.25) is 0 Å². The van der Waals surface area contributed by atoms with E-state index in [2.05, 4.69) is 12.2 Å². The summed E-state index contributed by atoms with van der Waals surface area (Å²) in [6, 6.07) is 8.59. The van der Waals surface area contributed by atoms with Crippen LogP contribution in [-0.4, -0.2) is 22.7 Å². The summed E-state index contributed by atoms with van der Waals surface area (Å²) in [7, 11) is 0. The Morgan fingerprint density at radius 3 is 2.24 bits per heavy atom. The van der Waals surface area contributed by atoms with Crippen molar-refractivity contribution in [1.29, 1.82) is 0 Å². The zero-order chi connectivity index (χ0) is 13.5. The van der Waals surface area contributed by atoms with Crippen molar-refractivity contribution in [2.24, 2.45) is 5.92 Å². The first-order valence-corrected chi connectivity index (χ1v) is 5.21. The Hall–Kier alpha value is -0.548. The van der Waals surface area contributed by atoms with Gasteiger partial charge in [-0.15, -0.1) is 0 Å². The molecule has 21 heavy (non-hydrogen) atoms. The second-order valence-corrected chi connectivity index (χ2v) is 3.64. The quantitative estimate of drug-likeness (QED) is 0.230. The fraction of sp³-hybridized carbons (Fsp3) is 0.154. The van der Waals surface area contributed by atoms with E-state index in [1.807, 2.05) is 0 Å². The van der Waals surface area contributed by atoms with Gasteiger partial charge < -0.3 is 30.8 Å². The van der Waals surface area contributed by atoms with Crippen LogP contribution in [0, 0.1) is 20.3 Å². The fourth-order valence-corrected chi connectivity index (χ4v) is 1.34. The number of hydrogen-bond donors (Lipinski definition) is 3. The predicted molar refractivity (Wildman–Crippen MR) is 73.2 cm³/mol. The number of amides is 2. The molecule has 0 aromatic heterocycles. The number of nitrogens with zero attached hydrogens (tertiary/aromatic N) is 1. The molecule has 1 radical (unpaired) electrons. The largest absolute Gasteiger partial charge is 2.00 e. The molecule has 1 aromatic rings. The van der Waals surface area contributed by atoms with Gasteiger partial charge in [-0.25, -0.2) is 5.48 Å². The van der Waals surface area contributed by atoms with Crippen molar-refractivity contribution in [3.63, 3.8) is 0 Å². The number of hydrogen-bond acceptors (Lipinski definition) is 3. The topological polar surface area (TPSA) is 101 Å². The van der Waals surface area contributed by atoms with E-state index >= 15 is 0 Å². The molecule has 3 N–H and O–H groups in total. The molecule has 0 aliphatic heterocycles. The smallest absolute Gasteiger partial charge is 0.838 e. The molecule has 8 heteroatoms. The Morgan fingerprint density at radius 1 is 1.29 bits per heavy atom. The molecule has 2 amide bonds. The Labute approximate surface area is 164 Å². The summed E-state index contributed by atoms with van der Waals surface area (Å²) in [5, 5.41) is 20.2. The van der Waals surface area contributed by atoms with Gasteiger partial charge in [0.2, 0.25) is 11.8 Å². The summed E-state index contributed by atoms with van der Waals surface area (Å²) in [5.74, 6) is -2.46. The minimum Gasteiger partial charge on any atom is -0.838 e. The molecule has 1 unspecified atom stereocenters. The SMILES string of the molecule is [CH2-]C(=[N-])C(CC(=O)NO)C(=O)Nc1ccccc1.[CH3-].[W+2].[Y]. The van der Waals surface area contributed by atoms with Gasteiger partial charge in [0.1, 0.15) is 0 Å². The van der Waals surface area contributed by atoms with E-state index in [4.69, 9.17) is 5.21 Å². The van der Waals surface area contributed by atoms with Crippen LogP contribution < -0.4 is 10.8 Å². The Bertz CT molecular complexity index is 457. The van der Waals surface area contributed by atoms with Crippen LogP contribution in [-0.2, 0) is 63.4 Å². The van der Waals surface area contributed by atoms with E-state index in [-0.39, 0.29) is 67.6 Å².